The quantitative estimate of drug-likeness (QED) is 0.784. The van der Waals surface area contributed by atoms with Crippen molar-refractivity contribution in [3.05, 3.63) is 12.3 Å². The van der Waals surface area contributed by atoms with Crippen LogP contribution in [-0.4, -0.2) is 40.6 Å². The lowest BCUT2D eigenvalue weighted by atomic mass is 9.57. The predicted molar refractivity (Wildman–Crippen MR) is 73.6 cm³/mol. The van der Waals surface area contributed by atoms with E-state index in [1.807, 2.05) is 13.0 Å². The third kappa shape index (κ3) is 1.62. The van der Waals surface area contributed by atoms with Crippen LogP contribution in [0.2, 0.25) is 0 Å². The molecule has 1 N–H and O–H groups in total. The number of nitrogens with one attached hydrogen (secondary N) is 1. The number of piperidine rings is 2. The van der Waals surface area contributed by atoms with Crippen molar-refractivity contribution in [2.75, 3.05) is 24.5 Å². The van der Waals surface area contributed by atoms with Crippen LogP contribution in [0.15, 0.2) is 12.3 Å². The van der Waals surface area contributed by atoms with Crippen molar-refractivity contribution < 1.29 is 4.79 Å². The maximum Gasteiger partial charge on any atom is 0.236 e. The molecule has 2 saturated heterocycles. The molecule has 0 aliphatic carbocycles. The van der Waals surface area contributed by atoms with Crippen molar-refractivity contribution in [2.24, 2.45) is 10.8 Å². The molecule has 2 atom stereocenters. The predicted octanol–water partition coefficient (Wildman–Crippen LogP) is 1.35. The number of aromatic amines is 1. The van der Waals surface area contributed by atoms with E-state index >= 15 is 0 Å². The highest BCUT2D eigenvalue weighted by Crippen LogP contribution is 2.52. The van der Waals surface area contributed by atoms with Gasteiger partial charge in [0.2, 0.25) is 5.91 Å². The molecule has 0 spiro atoms. The van der Waals surface area contributed by atoms with Gasteiger partial charge in [0, 0.05) is 25.7 Å². The van der Waals surface area contributed by atoms with Crippen LogP contribution in [0, 0.1) is 22.3 Å². The van der Waals surface area contributed by atoms with Gasteiger partial charge in [0.25, 0.3) is 0 Å². The second-order valence-electron chi connectivity index (χ2n) is 6.31. The van der Waals surface area contributed by atoms with Crippen molar-refractivity contribution in [3.63, 3.8) is 0 Å². The summed E-state index contributed by atoms with van der Waals surface area (Å²) in [6.45, 7) is 6.15. The number of fused-ring (bicyclic) bond motifs is 1. The first-order valence-corrected chi connectivity index (χ1v) is 6.96. The maximum absolute atomic E-state index is 13.0. The summed E-state index contributed by atoms with van der Waals surface area (Å²) in [6, 6.07) is 1.81. The van der Waals surface area contributed by atoms with Crippen LogP contribution in [0.1, 0.15) is 26.7 Å². The molecule has 0 radical (unpaired) electrons. The van der Waals surface area contributed by atoms with Crippen LogP contribution in [-0.2, 0) is 4.79 Å². The zero-order valence-corrected chi connectivity index (χ0v) is 11.9. The molecule has 3 rings (SSSR count). The fraction of sp³-hybridized carbons (Fsp3) is 0.643. The molecule has 1 amide bonds. The van der Waals surface area contributed by atoms with Gasteiger partial charge in [-0.2, -0.15) is 10.4 Å². The van der Waals surface area contributed by atoms with Gasteiger partial charge in [-0.05, 0) is 25.2 Å². The fourth-order valence-electron chi connectivity index (χ4n) is 3.51. The highest BCUT2D eigenvalue weighted by atomic mass is 16.2. The normalized spacial score (nSPS) is 33.8. The van der Waals surface area contributed by atoms with Gasteiger partial charge in [-0.1, -0.05) is 6.92 Å². The summed E-state index contributed by atoms with van der Waals surface area (Å²) in [5, 5.41) is 15.9. The molecule has 2 unspecified atom stereocenters. The van der Waals surface area contributed by atoms with Gasteiger partial charge < -0.3 is 4.90 Å². The number of likely N-dealkylation sites (tertiary alicyclic amines) is 1. The van der Waals surface area contributed by atoms with E-state index < -0.39 is 5.41 Å². The summed E-state index contributed by atoms with van der Waals surface area (Å²) in [5.41, 5.74) is -0.557. The average molecular weight is 273 g/mol. The lowest BCUT2D eigenvalue weighted by Gasteiger charge is -2.55. The molecule has 0 bridgehead atoms. The first-order valence-electron chi connectivity index (χ1n) is 6.96. The number of nitrogens with zero attached hydrogens (tertiary/aromatic N) is 4. The molecular weight excluding hydrogens is 254 g/mol. The Morgan fingerprint density at radius 2 is 2.15 bits per heavy atom. The molecule has 3 heterocycles. The molecule has 6 nitrogen and oxygen atoms in total. The number of aromatic nitrogens is 2. The number of amides is 1. The summed E-state index contributed by atoms with van der Waals surface area (Å²) in [7, 11) is 0. The van der Waals surface area contributed by atoms with Crippen molar-refractivity contribution in [2.45, 2.75) is 26.7 Å². The van der Waals surface area contributed by atoms with Crippen LogP contribution in [0.25, 0.3) is 0 Å². The largest absolute Gasteiger partial charge is 0.310 e. The van der Waals surface area contributed by atoms with Gasteiger partial charge in [0.1, 0.15) is 5.82 Å². The third-order valence-electron chi connectivity index (χ3n) is 5.30. The molecule has 6 heteroatoms. The molecule has 106 valence electrons. The number of nitriles is 1. The van der Waals surface area contributed by atoms with Gasteiger partial charge in [-0.15, -0.1) is 0 Å². The topological polar surface area (TPSA) is 76.0 Å². The minimum absolute atomic E-state index is 0.0338. The number of rotatable bonds is 1. The van der Waals surface area contributed by atoms with Crippen LogP contribution in [0.4, 0.5) is 5.82 Å². The Hall–Kier alpha value is -2.03. The molecule has 1 aromatic heterocycles. The molecule has 2 aliphatic rings. The Morgan fingerprint density at radius 1 is 1.40 bits per heavy atom. The van der Waals surface area contributed by atoms with Gasteiger partial charge in [0.15, 0.2) is 6.19 Å². The van der Waals surface area contributed by atoms with E-state index in [1.54, 1.807) is 16.0 Å². The number of carbonyl (C=O) groups is 1. The third-order valence-corrected chi connectivity index (χ3v) is 5.30. The molecule has 0 saturated carbocycles. The number of anilines is 1. The second-order valence-corrected chi connectivity index (χ2v) is 6.31. The molecular formula is C14H19N5O. The van der Waals surface area contributed by atoms with E-state index in [9.17, 15) is 4.79 Å². The fourth-order valence-corrected chi connectivity index (χ4v) is 3.51. The van der Waals surface area contributed by atoms with Gasteiger partial charge in [-0.3, -0.25) is 14.8 Å². The lowest BCUT2D eigenvalue weighted by Crippen LogP contribution is -2.64. The summed E-state index contributed by atoms with van der Waals surface area (Å²) in [6.07, 6.45) is 5.69. The molecule has 20 heavy (non-hydrogen) atoms. The number of H-pyrrole nitrogens is 1. The lowest BCUT2D eigenvalue weighted by molar-refractivity contribution is -0.144. The van der Waals surface area contributed by atoms with E-state index in [-0.39, 0.29) is 11.3 Å². The zero-order valence-electron chi connectivity index (χ0n) is 11.9. The van der Waals surface area contributed by atoms with Crippen molar-refractivity contribution in [1.29, 1.82) is 5.26 Å². The smallest absolute Gasteiger partial charge is 0.236 e. The number of hydrogen-bond acceptors (Lipinski definition) is 4. The minimum Gasteiger partial charge on any atom is -0.310 e. The first-order chi connectivity index (χ1) is 9.50. The van der Waals surface area contributed by atoms with Gasteiger partial charge in [0.05, 0.1) is 11.6 Å². The first kappa shape index (κ1) is 13.0. The Labute approximate surface area is 118 Å². The molecule has 0 aromatic carbocycles. The monoisotopic (exact) mass is 273 g/mol. The number of hydrogen-bond donors (Lipinski definition) is 1. The van der Waals surface area contributed by atoms with Crippen LogP contribution in [0.5, 0.6) is 0 Å². The van der Waals surface area contributed by atoms with Crippen LogP contribution in [0.3, 0.4) is 0 Å². The van der Waals surface area contributed by atoms with E-state index in [1.165, 1.54) is 0 Å². The minimum atomic E-state index is -0.523. The van der Waals surface area contributed by atoms with Crippen LogP contribution >= 0.6 is 0 Å². The Kier molecular flexibility index (Phi) is 2.75. The maximum atomic E-state index is 13.0. The zero-order chi connectivity index (χ0) is 14.4. The number of carbonyl (C=O) groups excluding carboxylic acids is 1. The SMILES string of the molecule is CC12CCN(C#N)CC1(C)C(=O)N(c1ccn[nH]1)CC2. The van der Waals surface area contributed by atoms with Crippen molar-refractivity contribution >= 4 is 11.7 Å². The Balaban J connectivity index is 1.96. The van der Waals surface area contributed by atoms with Crippen LogP contribution < -0.4 is 4.90 Å². The molecule has 1 aromatic rings. The molecule has 2 aliphatic heterocycles. The second kappa shape index (κ2) is 4.23. The summed E-state index contributed by atoms with van der Waals surface area (Å²) >= 11 is 0. The van der Waals surface area contributed by atoms with E-state index in [0.717, 1.165) is 25.2 Å². The summed E-state index contributed by atoms with van der Waals surface area (Å²) in [4.78, 5) is 16.5. The average Bonchev–Trinajstić information content (AvgIpc) is 2.95. The Bertz CT molecular complexity index is 563. The van der Waals surface area contributed by atoms with Gasteiger partial charge >= 0.3 is 0 Å². The van der Waals surface area contributed by atoms with Crippen molar-refractivity contribution in [3.8, 4) is 6.19 Å². The highest BCUT2D eigenvalue weighted by Gasteiger charge is 2.57. The summed E-state index contributed by atoms with van der Waals surface area (Å²) < 4.78 is 0. The van der Waals surface area contributed by atoms with E-state index in [4.69, 9.17) is 5.26 Å². The Morgan fingerprint density at radius 3 is 2.80 bits per heavy atom. The van der Waals surface area contributed by atoms with Gasteiger partial charge in [-0.25, -0.2) is 0 Å². The van der Waals surface area contributed by atoms with E-state index in [2.05, 4.69) is 23.3 Å². The summed E-state index contributed by atoms with van der Waals surface area (Å²) in [5.74, 6) is 0.836. The highest BCUT2D eigenvalue weighted by molar-refractivity contribution is 5.98. The van der Waals surface area contributed by atoms with E-state index in [0.29, 0.717) is 13.1 Å². The standard InChI is InChI=1S/C14H19N5O/c1-13-4-7-18(10-15)9-14(13,2)12(20)19(8-5-13)11-3-6-16-17-11/h3,6H,4-5,7-9H2,1-2H3,(H,16,17). The van der Waals surface area contributed by atoms with Crippen molar-refractivity contribution in [1.82, 2.24) is 15.1 Å². The molecule has 2 fully saturated rings.